The monoisotopic (exact) mass is 289 g/mol. The van der Waals surface area contributed by atoms with Crippen molar-refractivity contribution >= 4 is 17.5 Å². The molecular weight excluding hydrogens is 270 g/mol. The van der Waals surface area contributed by atoms with E-state index >= 15 is 0 Å². The van der Waals surface area contributed by atoms with Crippen molar-refractivity contribution in [1.82, 2.24) is 10.2 Å². The fraction of sp³-hybridized carbons (Fsp3) is 0.467. The first-order valence-electron chi connectivity index (χ1n) is 7.20. The van der Waals surface area contributed by atoms with Crippen LogP contribution in [0.2, 0.25) is 0 Å². The number of hydrogen-bond acceptors (Lipinski definition) is 4. The van der Waals surface area contributed by atoms with Crippen molar-refractivity contribution in [3.05, 3.63) is 23.8 Å². The van der Waals surface area contributed by atoms with Crippen molar-refractivity contribution < 1.29 is 14.3 Å². The highest BCUT2D eigenvalue weighted by molar-refractivity contribution is 6.04. The molecule has 112 valence electrons. The number of benzene rings is 1. The number of rotatable bonds is 1. The lowest BCUT2D eigenvalue weighted by Gasteiger charge is -2.35. The first-order chi connectivity index (χ1) is 10.1. The summed E-state index contributed by atoms with van der Waals surface area (Å²) in [7, 11) is 0. The van der Waals surface area contributed by atoms with E-state index in [0.29, 0.717) is 23.5 Å². The molecule has 1 saturated heterocycles. The van der Waals surface area contributed by atoms with Crippen LogP contribution in [-0.4, -0.2) is 48.5 Å². The van der Waals surface area contributed by atoms with Gasteiger partial charge in [-0.1, -0.05) is 6.07 Å². The van der Waals surface area contributed by atoms with Crippen LogP contribution in [0.4, 0.5) is 5.69 Å². The molecule has 1 aromatic rings. The second kappa shape index (κ2) is 5.37. The summed E-state index contributed by atoms with van der Waals surface area (Å²) < 4.78 is 5.65. The van der Waals surface area contributed by atoms with E-state index < -0.39 is 6.10 Å². The Balaban J connectivity index is 1.94. The van der Waals surface area contributed by atoms with Crippen LogP contribution in [0.1, 0.15) is 24.2 Å². The fourth-order valence-electron chi connectivity index (χ4n) is 2.69. The minimum atomic E-state index is -0.591. The smallest absolute Gasteiger partial charge is 0.265 e. The second-order valence-electron chi connectivity index (χ2n) is 5.48. The van der Waals surface area contributed by atoms with Gasteiger partial charge < -0.3 is 20.3 Å². The zero-order valence-corrected chi connectivity index (χ0v) is 12.2. The Hall–Kier alpha value is -2.08. The zero-order chi connectivity index (χ0) is 15.0. The van der Waals surface area contributed by atoms with Gasteiger partial charge in [0, 0.05) is 25.7 Å². The van der Waals surface area contributed by atoms with E-state index in [1.54, 1.807) is 25.1 Å². The molecule has 6 nitrogen and oxygen atoms in total. The van der Waals surface area contributed by atoms with E-state index in [-0.39, 0.29) is 17.9 Å². The standard InChI is InChI=1S/C15H19N3O3/c1-9-8-16-6-7-18(9)15(20)11-4-3-5-12-13(11)21-10(2)14(19)17-12/h3-5,9-10,16H,6-8H2,1-2H3,(H,17,19)/t9-,10?/m0/s1. The largest absolute Gasteiger partial charge is 0.478 e. The molecule has 2 aliphatic rings. The van der Waals surface area contributed by atoms with Crippen molar-refractivity contribution in [1.29, 1.82) is 0 Å². The Morgan fingerprint density at radius 2 is 2.19 bits per heavy atom. The first-order valence-corrected chi connectivity index (χ1v) is 7.20. The summed E-state index contributed by atoms with van der Waals surface area (Å²) in [6.45, 7) is 5.94. The van der Waals surface area contributed by atoms with Gasteiger partial charge in [-0.2, -0.15) is 0 Å². The number of nitrogens with one attached hydrogen (secondary N) is 2. The quantitative estimate of drug-likeness (QED) is 0.804. The van der Waals surface area contributed by atoms with Gasteiger partial charge in [-0.25, -0.2) is 0 Å². The zero-order valence-electron chi connectivity index (χ0n) is 12.2. The number of piperazine rings is 1. The maximum absolute atomic E-state index is 12.8. The number of nitrogens with zero attached hydrogens (tertiary/aromatic N) is 1. The number of anilines is 1. The molecule has 21 heavy (non-hydrogen) atoms. The molecule has 0 radical (unpaired) electrons. The average Bonchev–Trinajstić information content (AvgIpc) is 2.48. The summed E-state index contributed by atoms with van der Waals surface area (Å²) in [6.07, 6.45) is -0.591. The normalized spacial score (nSPS) is 24.9. The van der Waals surface area contributed by atoms with Gasteiger partial charge >= 0.3 is 0 Å². The van der Waals surface area contributed by atoms with Crippen LogP contribution in [0.25, 0.3) is 0 Å². The minimum Gasteiger partial charge on any atom is -0.478 e. The first kappa shape index (κ1) is 13.9. The molecule has 2 amide bonds. The fourth-order valence-corrected chi connectivity index (χ4v) is 2.69. The predicted octanol–water partition coefficient (Wildman–Crippen LogP) is 0.840. The minimum absolute atomic E-state index is 0.0517. The van der Waals surface area contributed by atoms with Crippen molar-refractivity contribution in [3.8, 4) is 5.75 Å². The third-order valence-electron chi connectivity index (χ3n) is 3.93. The third-order valence-corrected chi connectivity index (χ3v) is 3.93. The molecule has 0 aliphatic carbocycles. The van der Waals surface area contributed by atoms with Crippen LogP contribution in [0, 0.1) is 0 Å². The van der Waals surface area contributed by atoms with Crippen molar-refractivity contribution in [2.75, 3.05) is 25.0 Å². The van der Waals surface area contributed by atoms with Crippen LogP contribution in [0.5, 0.6) is 5.75 Å². The number of hydrogen-bond donors (Lipinski definition) is 2. The van der Waals surface area contributed by atoms with Crippen molar-refractivity contribution in [3.63, 3.8) is 0 Å². The van der Waals surface area contributed by atoms with Gasteiger partial charge in [0.2, 0.25) is 0 Å². The van der Waals surface area contributed by atoms with Crippen LogP contribution < -0.4 is 15.4 Å². The molecule has 2 N–H and O–H groups in total. The molecule has 0 aromatic heterocycles. The number of fused-ring (bicyclic) bond motifs is 1. The van der Waals surface area contributed by atoms with Gasteiger partial charge in [0.15, 0.2) is 11.9 Å². The Bertz CT molecular complexity index is 588. The van der Waals surface area contributed by atoms with Gasteiger partial charge in [-0.05, 0) is 26.0 Å². The summed E-state index contributed by atoms with van der Waals surface area (Å²) >= 11 is 0. The summed E-state index contributed by atoms with van der Waals surface area (Å²) in [5.74, 6) is 0.229. The summed E-state index contributed by atoms with van der Waals surface area (Å²) in [6, 6.07) is 5.40. The Kier molecular flexibility index (Phi) is 3.55. The van der Waals surface area contributed by atoms with Gasteiger partial charge in [0.25, 0.3) is 11.8 Å². The van der Waals surface area contributed by atoms with Crippen LogP contribution in [-0.2, 0) is 4.79 Å². The highest BCUT2D eigenvalue weighted by atomic mass is 16.5. The molecule has 1 unspecified atom stereocenters. The Labute approximate surface area is 123 Å². The maximum Gasteiger partial charge on any atom is 0.265 e. The van der Waals surface area contributed by atoms with E-state index in [9.17, 15) is 9.59 Å². The number of para-hydroxylation sites is 1. The topological polar surface area (TPSA) is 70.7 Å². The SMILES string of the molecule is CC1Oc2c(cccc2C(=O)N2CCNC[C@@H]2C)NC1=O. The molecule has 2 atom stereocenters. The van der Waals surface area contributed by atoms with Crippen LogP contribution in [0.15, 0.2) is 18.2 Å². The van der Waals surface area contributed by atoms with E-state index in [1.807, 2.05) is 11.8 Å². The summed E-state index contributed by atoms with van der Waals surface area (Å²) in [5.41, 5.74) is 1.07. The number of carbonyl (C=O) groups excluding carboxylic acids is 2. The third kappa shape index (κ3) is 2.47. The Morgan fingerprint density at radius 3 is 2.95 bits per heavy atom. The summed E-state index contributed by atoms with van der Waals surface area (Å²) in [5, 5.41) is 6.04. The lowest BCUT2D eigenvalue weighted by Crippen LogP contribution is -2.52. The highest BCUT2D eigenvalue weighted by Crippen LogP contribution is 2.34. The second-order valence-corrected chi connectivity index (χ2v) is 5.48. The highest BCUT2D eigenvalue weighted by Gasteiger charge is 2.31. The maximum atomic E-state index is 12.8. The summed E-state index contributed by atoms with van der Waals surface area (Å²) in [4.78, 5) is 26.3. The molecule has 2 heterocycles. The van der Waals surface area contributed by atoms with E-state index in [1.165, 1.54) is 0 Å². The van der Waals surface area contributed by atoms with Gasteiger partial charge in [-0.15, -0.1) is 0 Å². The molecule has 0 bridgehead atoms. The number of ether oxygens (including phenoxy) is 1. The number of amides is 2. The molecule has 1 fully saturated rings. The number of carbonyl (C=O) groups is 2. The Morgan fingerprint density at radius 1 is 1.38 bits per heavy atom. The predicted molar refractivity (Wildman–Crippen MR) is 78.5 cm³/mol. The molecular formula is C15H19N3O3. The lowest BCUT2D eigenvalue weighted by molar-refractivity contribution is -0.122. The van der Waals surface area contributed by atoms with E-state index in [0.717, 1.165) is 13.1 Å². The molecule has 0 spiro atoms. The molecule has 6 heteroatoms. The van der Waals surface area contributed by atoms with E-state index in [2.05, 4.69) is 10.6 Å². The van der Waals surface area contributed by atoms with Crippen LogP contribution >= 0.6 is 0 Å². The molecule has 0 saturated carbocycles. The van der Waals surface area contributed by atoms with E-state index in [4.69, 9.17) is 4.74 Å². The van der Waals surface area contributed by atoms with Gasteiger partial charge in [-0.3, -0.25) is 9.59 Å². The van der Waals surface area contributed by atoms with Crippen molar-refractivity contribution in [2.45, 2.75) is 26.0 Å². The molecule has 1 aromatic carbocycles. The lowest BCUT2D eigenvalue weighted by atomic mass is 10.1. The van der Waals surface area contributed by atoms with Gasteiger partial charge in [0.1, 0.15) is 0 Å². The molecule has 2 aliphatic heterocycles. The van der Waals surface area contributed by atoms with Crippen LogP contribution in [0.3, 0.4) is 0 Å². The van der Waals surface area contributed by atoms with Gasteiger partial charge in [0.05, 0.1) is 11.3 Å². The average molecular weight is 289 g/mol. The molecule has 3 rings (SSSR count). The van der Waals surface area contributed by atoms with Crippen molar-refractivity contribution in [2.24, 2.45) is 0 Å².